The van der Waals surface area contributed by atoms with Crippen molar-refractivity contribution in [3.05, 3.63) is 77.4 Å². The molecule has 5 heterocycles. The first-order valence-electron chi connectivity index (χ1n) is 15.3. The lowest BCUT2D eigenvalue weighted by atomic mass is 9.98. The molecule has 216 valence electrons. The van der Waals surface area contributed by atoms with Crippen LogP contribution >= 0.6 is 0 Å². The van der Waals surface area contributed by atoms with Crippen LogP contribution < -0.4 is 4.90 Å². The molecular formula is C34H34N8O. The molecule has 0 unspecified atom stereocenters. The molecule has 0 N–H and O–H groups in total. The summed E-state index contributed by atoms with van der Waals surface area (Å²) in [6.07, 6.45) is 6.39. The predicted molar refractivity (Wildman–Crippen MR) is 166 cm³/mol. The van der Waals surface area contributed by atoms with Crippen LogP contribution in [-0.2, 0) is 13.6 Å². The third-order valence-electron chi connectivity index (χ3n) is 9.03. The minimum atomic E-state index is -0.0324. The van der Waals surface area contributed by atoms with Crippen LogP contribution in [0, 0.1) is 12.8 Å². The average molecular weight is 571 g/mol. The van der Waals surface area contributed by atoms with Gasteiger partial charge in [-0.25, -0.2) is 4.98 Å². The maximum atomic E-state index is 14.3. The molecule has 9 nitrogen and oxygen atoms in total. The first-order chi connectivity index (χ1) is 20.9. The van der Waals surface area contributed by atoms with E-state index in [1.165, 1.54) is 18.4 Å². The van der Waals surface area contributed by atoms with Gasteiger partial charge < -0.3 is 4.57 Å². The Kier molecular flexibility index (Phi) is 6.11. The standard InChI is InChI=1S/C34H34N8O/c1-20-6-5-11-41(17-20)18-22-13-24-7-4-8-29-31(24)26(14-22)34(43)42(29)30-16-25(15-28(36-30)23-9-10-23)32-27(12-21(2)37-38-32)33-39-35-19-40(33)3/h4,7-8,12-16,19-20,23H,5-6,9-11,17-18H2,1-3H3/t20-/m0/s1. The number of carbonyl (C=O) groups is 1. The van der Waals surface area contributed by atoms with E-state index in [4.69, 9.17) is 4.98 Å². The second-order valence-corrected chi connectivity index (χ2v) is 12.6. The van der Waals surface area contributed by atoms with Crippen molar-refractivity contribution in [2.24, 2.45) is 13.0 Å². The van der Waals surface area contributed by atoms with Gasteiger partial charge >= 0.3 is 0 Å². The second kappa shape index (κ2) is 10.1. The zero-order valence-electron chi connectivity index (χ0n) is 24.8. The first-order valence-corrected chi connectivity index (χ1v) is 15.3. The monoisotopic (exact) mass is 570 g/mol. The Labute approximate surface area is 250 Å². The second-order valence-electron chi connectivity index (χ2n) is 12.6. The number of aromatic nitrogens is 6. The summed E-state index contributed by atoms with van der Waals surface area (Å²) in [4.78, 5) is 23.7. The predicted octanol–water partition coefficient (Wildman–Crippen LogP) is 6.20. The number of rotatable bonds is 6. The third kappa shape index (κ3) is 4.59. The van der Waals surface area contributed by atoms with E-state index in [2.05, 4.69) is 56.5 Å². The van der Waals surface area contributed by atoms with Crippen LogP contribution in [0.5, 0.6) is 0 Å². The van der Waals surface area contributed by atoms with Gasteiger partial charge in [0.15, 0.2) is 5.82 Å². The summed E-state index contributed by atoms with van der Waals surface area (Å²) in [5, 5.41) is 19.6. The van der Waals surface area contributed by atoms with E-state index in [-0.39, 0.29) is 5.91 Å². The van der Waals surface area contributed by atoms with Crippen LogP contribution in [0.25, 0.3) is 33.4 Å². The Balaban J connectivity index is 1.23. The Hall–Kier alpha value is -4.50. The SMILES string of the molecule is Cc1cc(-c2nncn2C)c(-c2cc(C3CC3)nc(N3C(=O)c4cc(CN5CCC[C@H](C)C5)cc5cccc3c45)c2)nn1. The highest BCUT2D eigenvalue weighted by atomic mass is 16.2. The molecule has 5 aromatic rings. The van der Waals surface area contributed by atoms with Crippen molar-refractivity contribution in [1.29, 1.82) is 0 Å². The van der Waals surface area contributed by atoms with E-state index >= 15 is 0 Å². The van der Waals surface area contributed by atoms with Crippen LogP contribution in [0.2, 0.25) is 0 Å². The van der Waals surface area contributed by atoms with E-state index in [0.717, 1.165) is 77.0 Å². The van der Waals surface area contributed by atoms with E-state index in [1.807, 2.05) is 42.8 Å². The fraction of sp³-hybridized carbons (Fsp3) is 0.353. The molecule has 1 saturated heterocycles. The van der Waals surface area contributed by atoms with Gasteiger partial charge in [0.25, 0.3) is 5.91 Å². The highest BCUT2D eigenvalue weighted by Crippen LogP contribution is 2.46. The lowest BCUT2D eigenvalue weighted by Gasteiger charge is -2.30. The number of anilines is 2. The van der Waals surface area contributed by atoms with Crippen LogP contribution in [0.15, 0.2) is 54.9 Å². The summed E-state index contributed by atoms with van der Waals surface area (Å²) in [5.74, 6) is 2.38. The molecule has 0 radical (unpaired) electrons. The van der Waals surface area contributed by atoms with Crippen molar-refractivity contribution in [1.82, 2.24) is 34.8 Å². The number of amides is 1. The van der Waals surface area contributed by atoms with Crippen molar-refractivity contribution in [3.63, 3.8) is 0 Å². The molecule has 43 heavy (non-hydrogen) atoms. The van der Waals surface area contributed by atoms with Gasteiger partial charge in [-0.05, 0) is 92.4 Å². The first kappa shape index (κ1) is 26.2. The quantitative estimate of drug-likeness (QED) is 0.240. The Bertz CT molecular complexity index is 1910. The van der Waals surface area contributed by atoms with Crippen molar-refractivity contribution < 1.29 is 4.79 Å². The Morgan fingerprint density at radius 1 is 0.977 bits per heavy atom. The summed E-state index contributed by atoms with van der Waals surface area (Å²) in [6.45, 7) is 7.32. The van der Waals surface area contributed by atoms with Gasteiger partial charge in [0.1, 0.15) is 17.8 Å². The van der Waals surface area contributed by atoms with Crippen molar-refractivity contribution in [2.45, 2.75) is 52.0 Å². The molecule has 1 atom stereocenters. The fourth-order valence-electron chi connectivity index (χ4n) is 6.84. The van der Waals surface area contributed by atoms with E-state index in [1.54, 1.807) is 11.2 Å². The molecule has 1 aliphatic carbocycles. The van der Waals surface area contributed by atoms with Crippen LogP contribution in [0.1, 0.15) is 65.8 Å². The smallest absolute Gasteiger partial charge is 0.264 e. The number of piperidine rings is 1. The van der Waals surface area contributed by atoms with Crippen molar-refractivity contribution >= 4 is 28.2 Å². The molecule has 9 heteroatoms. The number of carbonyl (C=O) groups excluding carboxylic acids is 1. The third-order valence-corrected chi connectivity index (χ3v) is 9.03. The Morgan fingerprint density at radius 3 is 2.65 bits per heavy atom. The normalized spacial score (nSPS) is 18.6. The van der Waals surface area contributed by atoms with E-state index < -0.39 is 0 Å². The van der Waals surface area contributed by atoms with Crippen LogP contribution in [-0.4, -0.2) is 53.8 Å². The number of aryl methyl sites for hydroxylation is 2. The highest BCUT2D eigenvalue weighted by molar-refractivity contribution is 6.27. The highest BCUT2D eigenvalue weighted by Gasteiger charge is 2.35. The zero-order chi connectivity index (χ0) is 29.2. The fourth-order valence-corrected chi connectivity index (χ4v) is 6.84. The van der Waals surface area contributed by atoms with Gasteiger partial charge in [-0.3, -0.25) is 14.6 Å². The zero-order valence-corrected chi connectivity index (χ0v) is 24.8. The maximum Gasteiger partial charge on any atom is 0.264 e. The molecule has 3 aromatic heterocycles. The van der Waals surface area contributed by atoms with Gasteiger partial charge in [0, 0.05) is 48.3 Å². The molecule has 8 rings (SSSR count). The number of pyridine rings is 1. The lowest BCUT2D eigenvalue weighted by Crippen LogP contribution is -2.33. The van der Waals surface area contributed by atoms with E-state index in [9.17, 15) is 4.79 Å². The number of hydrogen-bond acceptors (Lipinski definition) is 7. The minimum absolute atomic E-state index is 0.0324. The van der Waals surface area contributed by atoms with Crippen LogP contribution in [0.4, 0.5) is 11.5 Å². The largest absolute Gasteiger partial charge is 0.317 e. The molecule has 0 bridgehead atoms. The van der Waals surface area contributed by atoms with Gasteiger partial charge in [-0.2, -0.15) is 5.10 Å². The Morgan fingerprint density at radius 2 is 1.86 bits per heavy atom. The van der Waals surface area contributed by atoms with Gasteiger partial charge in [-0.1, -0.05) is 19.1 Å². The summed E-state index contributed by atoms with van der Waals surface area (Å²) in [7, 11) is 1.92. The van der Waals surface area contributed by atoms with Gasteiger partial charge in [-0.15, -0.1) is 15.3 Å². The molecule has 2 aromatic carbocycles. The average Bonchev–Trinajstić information content (AvgIpc) is 3.70. The number of hydrogen-bond donors (Lipinski definition) is 0. The lowest BCUT2D eigenvalue weighted by molar-refractivity contribution is 0.100. The molecule has 1 amide bonds. The summed E-state index contributed by atoms with van der Waals surface area (Å²) < 4.78 is 1.88. The van der Waals surface area contributed by atoms with E-state index in [0.29, 0.717) is 29.2 Å². The maximum absolute atomic E-state index is 14.3. The molecule has 3 aliphatic rings. The number of benzene rings is 2. The topological polar surface area (TPSA) is 92.9 Å². The van der Waals surface area contributed by atoms with Gasteiger partial charge in [0.05, 0.1) is 16.9 Å². The molecule has 1 saturated carbocycles. The van der Waals surface area contributed by atoms with Crippen molar-refractivity contribution in [3.8, 4) is 22.6 Å². The molecular weight excluding hydrogens is 536 g/mol. The van der Waals surface area contributed by atoms with Crippen molar-refractivity contribution in [2.75, 3.05) is 18.0 Å². The molecule has 2 aliphatic heterocycles. The summed E-state index contributed by atoms with van der Waals surface area (Å²) in [5.41, 5.74) is 7.02. The summed E-state index contributed by atoms with van der Waals surface area (Å²) in [6, 6.07) is 16.6. The molecule has 0 spiro atoms. The number of likely N-dealkylation sites (tertiary alicyclic amines) is 1. The number of nitrogens with zero attached hydrogens (tertiary/aromatic N) is 8. The summed E-state index contributed by atoms with van der Waals surface area (Å²) >= 11 is 0. The minimum Gasteiger partial charge on any atom is -0.317 e. The van der Waals surface area contributed by atoms with Gasteiger partial charge in [0.2, 0.25) is 0 Å². The molecule has 2 fully saturated rings. The van der Waals surface area contributed by atoms with Crippen LogP contribution in [0.3, 0.4) is 0 Å².